The fraction of sp³-hybridized carbons (Fsp3) is 0.182. The summed E-state index contributed by atoms with van der Waals surface area (Å²) in [7, 11) is 0. The fourth-order valence-corrected chi connectivity index (χ4v) is 1.40. The van der Waals surface area contributed by atoms with Crippen molar-refractivity contribution in [2.24, 2.45) is 0 Å². The molecule has 1 aromatic heterocycles. The minimum atomic E-state index is 0.244. The molecule has 1 heterocycles. The summed E-state index contributed by atoms with van der Waals surface area (Å²) in [5.41, 5.74) is 7.58. The van der Waals surface area contributed by atoms with E-state index in [1.807, 2.05) is 25.1 Å². The number of anilines is 1. The Hall–Kier alpha value is -1.77. The van der Waals surface area contributed by atoms with Crippen LogP contribution in [0.1, 0.15) is 17.0 Å². The van der Waals surface area contributed by atoms with E-state index in [0.29, 0.717) is 0 Å². The minimum absolute atomic E-state index is 0.244. The van der Waals surface area contributed by atoms with E-state index in [-0.39, 0.29) is 6.01 Å². The van der Waals surface area contributed by atoms with Crippen molar-refractivity contribution in [1.29, 1.82) is 0 Å². The van der Waals surface area contributed by atoms with E-state index in [1.165, 1.54) is 5.56 Å². The number of aryl methyl sites for hydroxylation is 1. The summed E-state index contributed by atoms with van der Waals surface area (Å²) in [5, 5.41) is 0. The second-order valence-corrected chi connectivity index (χ2v) is 3.22. The molecule has 3 heteroatoms. The summed E-state index contributed by atoms with van der Waals surface area (Å²) in [4.78, 5) is 4.12. The maximum Gasteiger partial charge on any atom is 0.292 e. The number of benzene rings is 1. The molecule has 2 rings (SSSR count). The molecule has 0 fully saturated rings. The highest BCUT2D eigenvalue weighted by Gasteiger charge is 2.06. The Labute approximate surface area is 82.6 Å². The van der Waals surface area contributed by atoms with E-state index in [1.54, 1.807) is 0 Å². The molecule has 0 saturated heterocycles. The molecular weight excluding hydrogens is 176 g/mol. The van der Waals surface area contributed by atoms with Gasteiger partial charge in [0.1, 0.15) is 5.76 Å². The first kappa shape index (κ1) is 8.81. The maximum absolute atomic E-state index is 5.46. The smallest absolute Gasteiger partial charge is 0.292 e. The third kappa shape index (κ3) is 1.76. The van der Waals surface area contributed by atoms with Crippen molar-refractivity contribution in [2.45, 2.75) is 13.3 Å². The summed E-state index contributed by atoms with van der Waals surface area (Å²) >= 11 is 0. The number of oxazole rings is 1. The summed E-state index contributed by atoms with van der Waals surface area (Å²) < 4.78 is 5.15. The Balaban J connectivity index is 2.23. The normalized spacial score (nSPS) is 10.4. The van der Waals surface area contributed by atoms with Crippen LogP contribution in [0.5, 0.6) is 0 Å². The van der Waals surface area contributed by atoms with Crippen LogP contribution >= 0.6 is 0 Å². The van der Waals surface area contributed by atoms with Crippen LogP contribution in [0.4, 0.5) is 6.01 Å². The Morgan fingerprint density at radius 3 is 2.57 bits per heavy atom. The van der Waals surface area contributed by atoms with Gasteiger partial charge < -0.3 is 10.2 Å². The first-order valence-electron chi connectivity index (χ1n) is 4.51. The number of hydrogen-bond acceptors (Lipinski definition) is 3. The van der Waals surface area contributed by atoms with Gasteiger partial charge in [-0.3, -0.25) is 0 Å². The van der Waals surface area contributed by atoms with Crippen LogP contribution in [0.15, 0.2) is 34.7 Å². The third-order valence-electron chi connectivity index (χ3n) is 2.12. The van der Waals surface area contributed by atoms with E-state index < -0.39 is 0 Å². The molecule has 2 aromatic rings. The molecule has 2 N–H and O–H groups in total. The molecule has 1 aromatic carbocycles. The molecule has 0 spiro atoms. The van der Waals surface area contributed by atoms with Gasteiger partial charge in [-0.15, -0.1) is 0 Å². The van der Waals surface area contributed by atoms with Crippen molar-refractivity contribution < 1.29 is 4.42 Å². The number of aromatic nitrogens is 1. The topological polar surface area (TPSA) is 52.0 Å². The van der Waals surface area contributed by atoms with Crippen molar-refractivity contribution in [3.63, 3.8) is 0 Å². The van der Waals surface area contributed by atoms with Gasteiger partial charge in [0.2, 0.25) is 0 Å². The van der Waals surface area contributed by atoms with Gasteiger partial charge in [0.05, 0.1) is 5.69 Å². The zero-order valence-electron chi connectivity index (χ0n) is 8.03. The van der Waals surface area contributed by atoms with Gasteiger partial charge in [-0.1, -0.05) is 30.3 Å². The van der Waals surface area contributed by atoms with Gasteiger partial charge >= 0.3 is 0 Å². The van der Waals surface area contributed by atoms with E-state index >= 15 is 0 Å². The number of rotatable bonds is 2. The Morgan fingerprint density at radius 2 is 2.00 bits per heavy atom. The Bertz CT molecular complexity index is 420. The molecule has 72 valence electrons. The fourth-order valence-electron chi connectivity index (χ4n) is 1.40. The molecule has 3 nitrogen and oxygen atoms in total. The van der Waals surface area contributed by atoms with E-state index in [4.69, 9.17) is 10.2 Å². The lowest BCUT2D eigenvalue weighted by Crippen LogP contribution is -1.91. The molecule has 0 saturated carbocycles. The molecule has 0 aliphatic carbocycles. The van der Waals surface area contributed by atoms with Gasteiger partial charge in [-0.2, -0.15) is 4.98 Å². The van der Waals surface area contributed by atoms with Crippen LogP contribution in [0.3, 0.4) is 0 Å². The molecular formula is C11H12N2O. The standard InChI is InChI=1S/C11H12N2O/c1-8-10(13-11(12)14-8)7-9-5-3-2-4-6-9/h2-6H,7H2,1H3,(H2,12,13). The van der Waals surface area contributed by atoms with Gasteiger partial charge in [-0.05, 0) is 12.5 Å². The van der Waals surface area contributed by atoms with Crippen LogP contribution in [0.25, 0.3) is 0 Å². The third-order valence-corrected chi connectivity index (χ3v) is 2.12. The monoisotopic (exact) mass is 188 g/mol. The number of nitrogens with zero attached hydrogens (tertiary/aromatic N) is 1. The van der Waals surface area contributed by atoms with Crippen LogP contribution in [-0.4, -0.2) is 4.98 Å². The number of nitrogens with two attached hydrogens (primary N) is 1. The average molecular weight is 188 g/mol. The van der Waals surface area contributed by atoms with Gasteiger partial charge in [0, 0.05) is 6.42 Å². The zero-order valence-corrected chi connectivity index (χ0v) is 8.03. The van der Waals surface area contributed by atoms with Crippen molar-refractivity contribution in [3.8, 4) is 0 Å². The molecule has 0 aliphatic heterocycles. The highest BCUT2D eigenvalue weighted by atomic mass is 16.4. The quantitative estimate of drug-likeness (QED) is 0.785. The van der Waals surface area contributed by atoms with E-state index in [0.717, 1.165) is 17.9 Å². The Kier molecular flexibility index (Phi) is 2.23. The van der Waals surface area contributed by atoms with E-state index in [9.17, 15) is 0 Å². The first-order chi connectivity index (χ1) is 6.75. The van der Waals surface area contributed by atoms with Crippen molar-refractivity contribution in [1.82, 2.24) is 4.98 Å². The molecule has 0 aliphatic rings. The maximum atomic E-state index is 5.46. The highest BCUT2D eigenvalue weighted by molar-refractivity contribution is 5.26. The zero-order chi connectivity index (χ0) is 9.97. The second kappa shape index (κ2) is 3.54. The largest absolute Gasteiger partial charge is 0.429 e. The van der Waals surface area contributed by atoms with Crippen LogP contribution in [0, 0.1) is 6.92 Å². The first-order valence-corrected chi connectivity index (χ1v) is 4.51. The number of nitrogen functional groups attached to an aromatic ring is 1. The predicted molar refractivity (Wildman–Crippen MR) is 54.9 cm³/mol. The van der Waals surface area contributed by atoms with Crippen molar-refractivity contribution in [2.75, 3.05) is 5.73 Å². The molecule has 0 unspecified atom stereocenters. The summed E-state index contributed by atoms with van der Waals surface area (Å²) in [6, 6.07) is 10.4. The summed E-state index contributed by atoms with van der Waals surface area (Å²) in [6.07, 6.45) is 0.771. The molecule has 0 amide bonds. The van der Waals surface area contributed by atoms with Gasteiger partial charge in [0.15, 0.2) is 0 Å². The van der Waals surface area contributed by atoms with Crippen LogP contribution < -0.4 is 5.73 Å². The van der Waals surface area contributed by atoms with Crippen LogP contribution in [0.2, 0.25) is 0 Å². The van der Waals surface area contributed by atoms with Gasteiger partial charge in [-0.25, -0.2) is 0 Å². The predicted octanol–water partition coefficient (Wildman–Crippen LogP) is 2.16. The molecule has 0 radical (unpaired) electrons. The highest BCUT2D eigenvalue weighted by Crippen LogP contribution is 2.15. The summed E-state index contributed by atoms with van der Waals surface area (Å²) in [6.45, 7) is 1.88. The second-order valence-electron chi connectivity index (χ2n) is 3.22. The minimum Gasteiger partial charge on any atom is -0.429 e. The number of hydrogen-bond donors (Lipinski definition) is 1. The Morgan fingerprint density at radius 1 is 1.29 bits per heavy atom. The van der Waals surface area contributed by atoms with Crippen molar-refractivity contribution in [3.05, 3.63) is 47.3 Å². The molecule has 14 heavy (non-hydrogen) atoms. The molecule has 0 bridgehead atoms. The average Bonchev–Trinajstić information content (AvgIpc) is 2.47. The SMILES string of the molecule is Cc1oc(N)nc1Cc1ccccc1. The van der Waals surface area contributed by atoms with Crippen LogP contribution in [-0.2, 0) is 6.42 Å². The molecule has 0 atom stereocenters. The lowest BCUT2D eigenvalue weighted by atomic mass is 10.1. The lowest BCUT2D eigenvalue weighted by molar-refractivity contribution is 0.545. The summed E-state index contributed by atoms with van der Waals surface area (Å²) in [5.74, 6) is 0.798. The lowest BCUT2D eigenvalue weighted by Gasteiger charge is -1.96. The van der Waals surface area contributed by atoms with Gasteiger partial charge in [0.25, 0.3) is 6.01 Å². The van der Waals surface area contributed by atoms with Crippen molar-refractivity contribution >= 4 is 6.01 Å². The van der Waals surface area contributed by atoms with E-state index in [2.05, 4.69) is 17.1 Å².